The van der Waals surface area contributed by atoms with Crippen molar-refractivity contribution in [2.45, 2.75) is 37.9 Å². The zero-order chi connectivity index (χ0) is 14.7. The Morgan fingerprint density at radius 2 is 2.33 bits per heavy atom. The first-order valence-corrected chi connectivity index (χ1v) is 7.67. The molecule has 1 aromatic heterocycles. The fourth-order valence-electron chi connectivity index (χ4n) is 3.28. The molecule has 0 bridgehead atoms. The molecule has 0 radical (unpaired) electrons. The number of carbonyl (C=O) groups is 1. The molecule has 0 aliphatic carbocycles. The Labute approximate surface area is 125 Å². The Kier molecular flexibility index (Phi) is 4.22. The number of likely N-dealkylation sites (tertiary alicyclic amines) is 1. The molecule has 0 N–H and O–H groups in total. The predicted octanol–water partition coefficient (Wildman–Crippen LogP) is 1.88. The van der Waals surface area contributed by atoms with Gasteiger partial charge in [0.25, 0.3) is 5.91 Å². The number of hydrogen-bond acceptors (Lipinski definition) is 4. The van der Waals surface area contributed by atoms with Crippen molar-refractivity contribution in [2.24, 2.45) is 0 Å². The van der Waals surface area contributed by atoms with Crippen molar-refractivity contribution in [3.63, 3.8) is 0 Å². The van der Waals surface area contributed by atoms with Crippen LogP contribution in [0.4, 0.5) is 0 Å². The quantitative estimate of drug-likeness (QED) is 0.853. The van der Waals surface area contributed by atoms with E-state index in [1.807, 2.05) is 17.9 Å². The van der Waals surface area contributed by atoms with Gasteiger partial charge in [0.2, 0.25) is 0 Å². The van der Waals surface area contributed by atoms with Gasteiger partial charge in [-0.3, -0.25) is 9.78 Å². The van der Waals surface area contributed by atoms with Gasteiger partial charge in [-0.1, -0.05) is 0 Å². The summed E-state index contributed by atoms with van der Waals surface area (Å²) in [5.74, 6) is 0.0669. The SMILES string of the molecule is CCO[C@H]1COC2(CCN(C(=O)c3cccnc3)CC2)C1. The van der Waals surface area contributed by atoms with Crippen molar-refractivity contribution in [3.8, 4) is 0 Å². The van der Waals surface area contributed by atoms with Gasteiger partial charge in [0.15, 0.2) is 0 Å². The third-order valence-electron chi connectivity index (χ3n) is 4.45. The van der Waals surface area contributed by atoms with Gasteiger partial charge in [-0.05, 0) is 31.9 Å². The van der Waals surface area contributed by atoms with E-state index in [4.69, 9.17) is 9.47 Å². The normalized spacial score (nSPS) is 24.4. The lowest BCUT2D eigenvalue weighted by molar-refractivity contribution is -0.0407. The maximum atomic E-state index is 12.4. The zero-order valence-corrected chi connectivity index (χ0v) is 12.5. The van der Waals surface area contributed by atoms with Crippen molar-refractivity contribution >= 4 is 5.91 Å². The van der Waals surface area contributed by atoms with E-state index in [1.165, 1.54) is 0 Å². The molecule has 3 heterocycles. The minimum Gasteiger partial charge on any atom is -0.376 e. The van der Waals surface area contributed by atoms with Crippen molar-refractivity contribution in [2.75, 3.05) is 26.3 Å². The number of pyridine rings is 1. The Balaban J connectivity index is 1.57. The van der Waals surface area contributed by atoms with Crippen LogP contribution in [0.1, 0.15) is 36.5 Å². The molecule has 114 valence electrons. The minimum absolute atomic E-state index is 0.0669. The topological polar surface area (TPSA) is 51.7 Å². The molecule has 2 saturated heterocycles. The minimum atomic E-state index is -0.0778. The van der Waals surface area contributed by atoms with E-state index < -0.39 is 0 Å². The summed E-state index contributed by atoms with van der Waals surface area (Å²) < 4.78 is 11.7. The van der Waals surface area contributed by atoms with Crippen molar-refractivity contribution in [1.29, 1.82) is 0 Å². The van der Waals surface area contributed by atoms with E-state index >= 15 is 0 Å². The van der Waals surface area contributed by atoms with Gasteiger partial charge in [-0.25, -0.2) is 0 Å². The second kappa shape index (κ2) is 6.12. The second-order valence-electron chi connectivity index (χ2n) is 5.81. The van der Waals surface area contributed by atoms with Gasteiger partial charge < -0.3 is 14.4 Å². The van der Waals surface area contributed by atoms with E-state index in [9.17, 15) is 4.79 Å². The average Bonchev–Trinajstić information content (AvgIpc) is 2.91. The maximum absolute atomic E-state index is 12.4. The Morgan fingerprint density at radius 1 is 1.52 bits per heavy atom. The first kappa shape index (κ1) is 14.5. The first-order valence-electron chi connectivity index (χ1n) is 7.67. The highest BCUT2D eigenvalue weighted by Crippen LogP contribution is 2.37. The van der Waals surface area contributed by atoms with E-state index in [-0.39, 0.29) is 17.6 Å². The van der Waals surface area contributed by atoms with Crippen molar-refractivity contribution in [1.82, 2.24) is 9.88 Å². The highest BCUT2D eigenvalue weighted by Gasteiger charge is 2.43. The van der Waals surface area contributed by atoms with Crippen LogP contribution in [0.25, 0.3) is 0 Å². The van der Waals surface area contributed by atoms with Crippen molar-refractivity contribution in [3.05, 3.63) is 30.1 Å². The van der Waals surface area contributed by atoms with Gasteiger partial charge in [0, 0.05) is 38.5 Å². The van der Waals surface area contributed by atoms with Gasteiger partial charge in [0.1, 0.15) is 0 Å². The molecule has 0 saturated carbocycles. The molecule has 1 atom stereocenters. The van der Waals surface area contributed by atoms with E-state index in [0.717, 1.165) is 39.0 Å². The highest BCUT2D eigenvalue weighted by molar-refractivity contribution is 5.93. The molecule has 0 unspecified atom stereocenters. The molecule has 2 fully saturated rings. The fourth-order valence-corrected chi connectivity index (χ4v) is 3.28. The number of piperidine rings is 1. The molecule has 1 aromatic rings. The molecule has 2 aliphatic heterocycles. The lowest BCUT2D eigenvalue weighted by Gasteiger charge is -2.38. The number of amides is 1. The van der Waals surface area contributed by atoms with Crippen LogP contribution in [0.2, 0.25) is 0 Å². The monoisotopic (exact) mass is 290 g/mol. The first-order chi connectivity index (χ1) is 10.2. The summed E-state index contributed by atoms with van der Waals surface area (Å²) in [5.41, 5.74) is 0.582. The number of nitrogens with zero attached hydrogens (tertiary/aromatic N) is 2. The molecule has 5 nitrogen and oxygen atoms in total. The number of ether oxygens (including phenoxy) is 2. The van der Waals surface area contributed by atoms with Crippen LogP contribution in [0.15, 0.2) is 24.5 Å². The maximum Gasteiger partial charge on any atom is 0.255 e. The lowest BCUT2D eigenvalue weighted by Crippen LogP contribution is -2.46. The van der Waals surface area contributed by atoms with Crippen LogP contribution in [0, 0.1) is 0 Å². The van der Waals surface area contributed by atoms with Gasteiger partial charge in [-0.2, -0.15) is 0 Å². The molecule has 2 aliphatic rings. The molecular weight excluding hydrogens is 268 g/mol. The summed E-state index contributed by atoms with van der Waals surface area (Å²) in [6.45, 7) is 4.92. The van der Waals surface area contributed by atoms with Crippen LogP contribution < -0.4 is 0 Å². The van der Waals surface area contributed by atoms with Crippen LogP contribution in [-0.4, -0.2) is 53.8 Å². The van der Waals surface area contributed by atoms with Crippen molar-refractivity contribution < 1.29 is 14.3 Å². The van der Waals surface area contributed by atoms with Gasteiger partial charge >= 0.3 is 0 Å². The smallest absolute Gasteiger partial charge is 0.255 e. The second-order valence-corrected chi connectivity index (χ2v) is 5.81. The molecule has 1 spiro atoms. The van der Waals surface area contributed by atoms with E-state index in [2.05, 4.69) is 4.98 Å². The lowest BCUT2D eigenvalue weighted by atomic mass is 9.87. The zero-order valence-electron chi connectivity index (χ0n) is 12.5. The molecule has 0 aromatic carbocycles. The third kappa shape index (κ3) is 3.09. The van der Waals surface area contributed by atoms with Gasteiger partial charge in [-0.15, -0.1) is 0 Å². The third-order valence-corrected chi connectivity index (χ3v) is 4.45. The fraction of sp³-hybridized carbons (Fsp3) is 0.625. The van der Waals surface area contributed by atoms with Crippen LogP contribution >= 0.6 is 0 Å². The summed E-state index contributed by atoms with van der Waals surface area (Å²) in [5, 5.41) is 0. The summed E-state index contributed by atoms with van der Waals surface area (Å²) in [6, 6.07) is 3.61. The van der Waals surface area contributed by atoms with Crippen LogP contribution in [0.3, 0.4) is 0 Å². The van der Waals surface area contributed by atoms with E-state index in [0.29, 0.717) is 12.2 Å². The van der Waals surface area contributed by atoms with Crippen LogP contribution in [0.5, 0.6) is 0 Å². The van der Waals surface area contributed by atoms with Crippen LogP contribution in [-0.2, 0) is 9.47 Å². The molecule has 3 rings (SSSR count). The molecule has 21 heavy (non-hydrogen) atoms. The Bertz CT molecular complexity index is 484. The summed E-state index contributed by atoms with van der Waals surface area (Å²) in [4.78, 5) is 18.3. The standard InChI is InChI=1S/C16H22N2O3/c1-2-20-14-10-16(21-12-14)5-8-18(9-6-16)15(19)13-4-3-7-17-11-13/h3-4,7,11,14H,2,5-6,8-10,12H2,1H3/t14-/m1/s1. The van der Waals surface area contributed by atoms with Gasteiger partial charge in [0.05, 0.1) is 23.9 Å². The number of hydrogen-bond donors (Lipinski definition) is 0. The summed E-state index contributed by atoms with van der Waals surface area (Å²) >= 11 is 0. The highest BCUT2D eigenvalue weighted by atomic mass is 16.6. The predicted molar refractivity (Wildman–Crippen MR) is 78.1 cm³/mol. The molecule has 5 heteroatoms. The number of rotatable bonds is 3. The molecular formula is C16H22N2O3. The average molecular weight is 290 g/mol. The summed E-state index contributed by atoms with van der Waals surface area (Å²) in [6.07, 6.45) is 6.27. The molecule has 1 amide bonds. The van der Waals surface area contributed by atoms with E-state index in [1.54, 1.807) is 18.5 Å². The Morgan fingerprint density at radius 3 is 3.00 bits per heavy atom. The largest absolute Gasteiger partial charge is 0.376 e. The Hall–Kier alpha value is -1.46. The number of carbonyl (C=O) groups excluding carboxylic acids is 1. The summed E-state index contributed by atoms with van der Waals surface area (Å²) in [7, 11) is 0. The number of aromatic nitrogens is 1.